The molecule has 21 heavy (non-hydrogen) atoms. The number of hydrogen-bond acceptors (Lipinski definition) is 5. The molecule has 0 saturated heterocycles. The second-order valence-corrected chi connectivity index (χ2v) is 4.09. The number of carboxylic acids is 1. The number of rotatable bonds is 4. The minimum Gasteiger partial charge on any atom is -0.478 e. The average molecular weight is 290 g/mol. The number of carbonyl (C=O) groups excluding carboxylic acids is 1. The van der Waals surface area contributed by atoms with Crippen LogP contribution in [0.25, 0.3) is 0 Å². The Labute approximate surface area is 118 Å². The smallest absolute Gasteiger partial charge is 0.338 e. The zero-order valence-electron chi connectivity index (χ0n) is 10.8. The Bertz CT molecular complexity index is 737. The summed E-state index contributed by atoms with van der Waals surface area (Å²) in [5.41, 5.74) is -0.533. The van der Waals surface area contributed by atoms with Gasteiger partial charge in [-0.3, -0.25) is 19.6 Å². The monoisotopic (exact) mass is 290 g/mol. The predicted molar refractivity (Wildman–Crippen MR) is 71.2 cm³/mol. The lowest BCUT2D eigenvalue weighted by molar-refractivity contribution is -0.384. The normalized spacial score (nSPS) is 10.1. The number of nitrogens with zero attached hydrogens (tertiary/aromatic N) is 3. The Morgan fingerprint density at radius 3 is 2.62 bits per heavy atom. The van der Waals surface area contributed by atoms with Crippen LogP contribution in [0.4, 0.5) is 11.4 Å². The van der Waals surface area contributed by atoms with Gasteiger partial charge in [-0.15, -0.1) is 0 Å². The van der Waals surface area contributed by atoms with Crippen molar-refractivity contribution in [1.82, 2.24) is 9.78 Å². The first-order chi connectivity index (χ1) is 9.90. The molecule has 9 nitrogen and oxygen atoms in total. The van der Waals surface area contributed by atoms with Crippen molar-refractivity contribution in [3.05, 3.63) is 51.8 Å². The van der Waals surface area contributed by atoms with Gasteiger partial charge in [0.1, 0.15) is 5.69 Å². The second kappa shape index (κ2) is 5.41. The van der Waals surface area contributed by atoms with Crippen molar-refractivity contribution in [3.63, 3.8) is 0 Å². The number of aromatic carboxylic acids is 1. The summed E-state index contributed by atoms with van der Waals surface area (Å²) in [7, 11) is 1.56. The molecule has 1 aromatic heterocycles. The Kier molecular flexibility index (Phi) is 3.65. The molecule has 0 radical (unpaired) electrons. The van der Waals surface area contributed by atoms with Crippen molar-refractivity contribution >= 4 is 23.3 Å². The predicted octanol–water partition coefficient (Wildman–Crippen LogP) is 1.28. The number of benzene rings is 1. The number of hydrogen-bond donors (Lipinski definition) is 2. The Morgan fingerprint density at radius 2 is 2.10 bits per heavy atom. The molecule has 0 fully saturated rings. The van der Waals surface area contributed by atoms with E-state index in [0.29, 0.717) is 0 Å². The molecule has 0 atom stereocenters. The molecule has 9 heteroatoms. The molecule has 1 aromatic carbocycles. The van der Waals surface area contributed by atoms with E-state index in [9.17, 15) is 19.7 Å². The van der Waals surface area contributed by atoms with Gasteiger partial charge in [-0.2, -0.15) is 5.10 Å². The first-order valence-electron chi connectivity index (χ1n) is 5.71. The van der Waals surface area contributed by atoms with Crippen LogP contribution >= 0.6 is 0 Å². The molecule has 2 N–H and O–H groups in total. The van der Waals surface area contributed by atoms with Crippen LogP contribution in [0.15, 0.2) is 30.5 Å². The maximum Gasteiger partial charge on any atom is 0.338 e. The third kappa shape index (κ3) is 2.86. The molecule has 0 unspecified atom stereocenters. The highest BCUT2D eigenvalue weighted by Gasteiger charge is 2.19. The summed E-state index contributed by atoms with van der Waals surface area (Å²) in [6.45, 7) is 0. The van der Waals surface area contributed by atoms with E-state index in [1.807, 2.05) is 0 Å². The van der Waals surface area contributed by atoms with Crippen LogP contribution in [0.1, 0.15) is 20.8 Å². The van der Waals surface area contributed by atoms with Crippen molar-refractivity contribution in [1.29, 1.82) is 0 Å². The Hall–Kier alpha value is -3.23. The van der Waals surface area contributed by atoms with Gasteiger partial charge >= 0.3 is 5.97 Å². The zero-order valence-corrected chi connectivity index (χ0v) is 10.8. The number of nitrogens with one attached hydrogen (secondary N) is 1. The van der Waals surface area contributed by atoms with Gasteiger partial charge in [-0.25, -0.2) is 4.79 Å². The largest absolute Gasteiger partial charge is 0.478 e. The van der Waals surface area contributed by atoms with Crippen molar-refractivity contribution < 1.29 is 19.6 Å². The molecule has 0 aliphatic heterocycles. The van der Waals surface area contributed by atoms with Gasteiger partial charge in [0.2, 0.25) is 0 Å². The number of amides is 1. The molecule has 0 saturated carbocycles. The van der Waals surface area contributed by atoms with E-state index in [0.717, 1.165) is 12.1 Å². The van der Waals surface area contributed by atoms with Crippen LogP contribution in [0.5, 0.6) is 0 Å². The van der Waals surface area contributed by atoms with E-state index in [-0.39, 0.29) is 22.6 Å². The number of anilines is 1. The van der Waals surface area contributed by atoms with Crippen molar-refractivity contribution in [3.8, 4) is 0 Å². The lowest BCUT2D eigenvalue weighted by atomic mass is 10.1. The number of aromatic nitrogens is 2. The molecule has 2 rings (SSSR count). The van der Waals surface area contributed by atoms with E-state index >= 15 is 0 Å². The summed E-state index contributed by atoms with van der Waals surface area (Å²) in [4.78, 5) is 33.1. The topological polar surface area (TPSA) is 127 Å². The number of nitro groups is 1. The molecule has 0 bridgehead atoms. The first-order valence-corrected chi connectivity index (χ1v) is 5.71. The average Bonchev–Trinajstić information content (AvgIpc) is 2.85. The molecule has 0 aliphatic carbocycles. The number of carboxylic acid groups (broad SMARTS) is 1. The summed E-state index contributed by atoms with van der Waals surface area (Å²) in [6, 6.07) is 4.64. The fourth-order valence-corrected chi connectivity index (χ4v) is 1.71. The number of aryl methyl sites for hydroxylation is 1. The summed E-state index contributed by atoms with van der Waals surface area (Å²) in [6.07, 6.45) is 1.42. The second-order valence-electron chi connectivity index (χ2n) is 4.09. The molecule has 1 amide bonds. The van der Waals surface area contributed by atoms with E-state index in [2.05, 4.69) is 10.4 Å². The van der Waals surface area contributed by atoms with Gasteiger partial charge in [-0.05, 0) is 12.1 Å². The van der Waals surface area contributed by atoms with Gasteiger partial charge in [0.25, 0.3) is 11.6 Å². The summed E-state index contributed by atoms with van der Waals surface area (Å²) in [5.74, 6) is -1.94. The van der Waals surface area contributed by atoms with Crippen molar-refractivity contribution in [2.75, 3.05) is 5.32 Å². The quantitative estimate of drug-likeness (QED) is 0.644. The van der Waals surface area contributed by atoms with Crippen LogP contribution in [-0.2, 0) is 7.05 Å². The molecular formula is C12H10N4O5. The van der Waals surface area contributed by atoms with Gasteiger partial charge in [0, 0.05) is 25.4 Å². The van der Waals surface area contributed by atoms with Gasteiger partial charge in [0.05, 0.1) is 16.2 Å². The van der Waals surface area contributed by atoms with Crippen LogP contribution in [0.2, 0.25) is 0 Å². The zero-order chi connectivity index (χ0) is 15.6. The van der Waals surface area contributed by atoms with E-state index in [1.54, 1.807) is 7.05 Å². The highest BCUT2D eigenvalue weighted by Crippen LogP contribution is 2.22. The molecule has 1 heterocycles. The maximum atomic E-state index is 12.0. The third-order valence-electron chi connectivity index (χ3n) is 2.75. The number of non-ortho nitro benzene ring substituents is 1. The van der Waals surface area contributed by atoms with Crippen LogP contribution < -0.4 is 5.32 Å². The minimum absolute atomic E-state index is 0.0284. The molecular weight excluding hydrogens is 280 g/mol. The van der Waals surface area contributed by atoms with Gasteiger partial charge in [0.15, 0.2) is 0 Å². The SMILES string of the molecule is Cn1nccc1C(=O)Nc1ccc([N+](=O)[O-])cc1C(=O)O. The molecule has 0 spiro atoms. The highest BCUT2D eigenvalue weighted by atomic mass is 16.6. The molecule has 0 aliphatic rings. The minimum atomic E-state index is -1.38. The Balaban J connectivity index is 2.36. The van der Waals surface area contributed by atoms with Crippen LogP contribution in [-0.4, -0.2) is 31.7 Å². The number of nitro benzene ring substituents is 1. The van der Waals surface area contributed by atoms with Crippen LogP contribution in [0.3, 0.4) is 0 Å². The van der Waals surface area contributed by atoms with E-state index in [4.69, 9.17) is 5.11 Å². The van der Waals surface area contributed by atoms with Crippen molar-refractivity contribution in [2.45, 2.75) is 0 Å². The number of carbonyl (C=O) groups is 2. The third-order valence-corrected chi connectivity index (χ3v) is 2.75. The van der Waals surface area contributed by atoms with E-state index in [1.165, 1.54) is 23.0 Å². The molecule has 108 valence electrons. The summed E-state index contributed by atoms with van der Waals surface area (Å²) in [5, 5.41) is 26.0. The Morgan fingerprint density at radius 1 is 1.38 bits per heavy atom. The summed E-state index contributed by atoms with van der Waals surface area (Å²) >= 11 is 0. The van der Waals surface area contributed by atoms with Crippen molar-refractivity contribution in [2.24, 2.45) is 7.05 Å². The molecule has 2 aromatic rings. The summed E-state index contributed by atoms with van der Waals surface area (Å²) < 4.78 is 1.32. The lowest BCUT2D eigenvalue weighted by Crippen LogP contribution is -2.18. The van der Waals surface area contributed by atoms with Gasteiger partial charge in [-0.1, -0.05) is 0 Å². The first kappa shape index (κ1) is 14.2. The maximum absolute atomic E-state index is 12.0. The fourth-order valence-electron chi connectivity index (χ4n) is 1.71. The fraction of sp³-hybridized carbons (Fsp3) is 0.0833. The van der Waals surface area contributed by atoms with E-state index < -0.39 is 16.8 Å². The van der Waals surface area contributed by atoms with Crippen LogP contribution in [0, 0.1) is 10.1 Å². The standard InChI is InChI=1S/C12H10N4O5/c1-15-10(4-5-13-15)11(17)14-9-3-2-7(16(20)21)6-8(9)12(18)19/h2-6H,1H3,(H,14,17)(H,18,19). The van der Waals surface area contributed by atoms with Gasteiger partial charge < -0.3 is 10.4 Å². The lowest BCUT2D eigenvalue weighted by Gasteiger charge is -2.08. The highest BCUT2D eigenvalue weighted by molar-refractivity contribution is 6.07.